The molecule has 5 aromatic rings. The number of anilines is 2. The van der Waals surface area contributed by atoms with Gasteiger partial charge in [-0.1, -0.05) is 30.3 Å². The second kappa shape index (κ2) is 17.0. The largest absolute Gasteiger partial charge is 0.495 e. The number of hydrogen-bond donors (Lipinski definition) is 3. The predicted octanol–water partition coefficient (Wildman–Crippen LogP) is 6.33. The molecule has 5 heterocycles. The Hall–Kier alpha value is -6.51. The molecule has 13 nitrogen and oxygen atoms in total. The fourth-order valence-corrected chi connectivity index (χ4v) is 8.52. The second-order valence-corrected chi connectivity index (χ2v) is 15.8. The van der Waals surface area contributed by atoms with Crippen molar-refractivity contribution in [1.29, 1.82) is 0 Å². The number of halogens is 2. The number of aromatic nitrogens is 3. The Bertz CT molecular complexity index is 2470. The number of fused-ring (bicyclic) bond motifs is 1. The number of methoxy groups -OCH3 is 1. The zero-order chi connectivity index (χ0) is 42.1. The van der Waals surface area contributed by atoms with Crippen molar-refractivity contribution in [2.75, 3.05) is 57.6 Å². The molecule has 15 heteroatoms. The average molecular weight is 819 g/mol. The number of benzene rings is 3. The van der Waals surface area contributed by atoms with E-state index in [0.717, 1.165) is 29.5 Å². The van der Waals surface area contributed by atoms with Crippen LogP contribution < -0.4 is 20.3 Å². The van der Waals surface area contributed by atoms with Gasteiger partial charge in [0.15, 0.2) is 5.82 Å². The monoisotopic (exact) mass is 818 g/mol. The molecule has 3 aliphatic heterocycles. The van der Waals surface area contributed by atoms with Crippen molar-refractivity contribution in [3.8, 4) is 16.9 Å². The molecule has 3 aliphatic rings. The lowest BCUT2D eigenvalue weighted by Crippen LogP contribution is -2.47. The molecule has 60 heavy (non-hydrogen) atoms. The van der Waals surface area contributed by atoms with E-state index in [1.807, 2.05) is 41.4 Å². The van der Waals surface area contributed by atoms with Crippen LogP contribution in [0.1, 0.15) is 66.1 Å². The number of aryl methyl sites for hydroxylation is 1. The number of ether oxygens (including phenoxy) is 1. The van der Waals surface area contributed by atoms with Crippen LogP contribution in [0, 0.1) is 11.6 Å². The van der Waals surface area contributed by atoms with Crippen LogP contribution in [-0.4, -0.2) is 102 Å². The van der Waals surface area contributed by atoms with Crippen LogP contribution in [0.25, 0.3) is 27.6 Å². The lowest BCUT2D eigenvalue weighted by molar-refractivity contribution is -0.134. The van der Waals surface area contributed by atoms with Crippen LogP contribution in [0.2, 0.25) is 0 Å². The minimum Gasteiger partial charge on any atom is -0.495 e. The van der Waals surface area contributed by atoms with E-state index >= 15 is 8.78 Å². The van der Waals surface area contributed by atoms with Crippen LogP contribution in [0.15, 0.2) is 73.1 Å². The third-order valence-corrected chi connectivity index (χ3v) is 11.8. The highest BCUT2D eigenvalue weighted by Crippen LogP contribution is 2.40. The summed E-state index contributed by atoms with van der Waals surface area (Å²) < 4.78 is 39.5. The summed E-state index contributed by atoms with van der Waals surface area (Å²) in [6, 6.07) is 15.9. The van der Waals surface area contributed by atoms with E-state index in [4.69, 9.17) is 4.74 Å². The number of aromatic amines is 1. The zero-order valence-electron chi connectivity index (χ0n) is 33.9. The topological polar surface area (TPSA) is 145 Å². The van der Waals surface area contributed by atoms with Gasteiger partial charge in [-0.2, -0.15) is 5.10 Å². The van der Waals surface area contributed by atoms with E-state index in [0.29, 0.717) is 72.7 Å². The van der Waals surface area contributed by atoms with E-state index in [9.17, 15) is 19.2 Å². The molecular formula is C45H48F2N8O5. The van der Waals surface area contributed by atoms with Crippen molar-refractivity contribution in [1.82, 2.24) is 29.9 Å². The molecule has 3 N–H and O–H groups in total. The first kappa shape index (κ1) is 40.3. The molecule has 2 saturated heterocycles. The smallest absolute Gasteiger partial charge is 0.269 e. The molecule has 2 aromatic heterocycles. The molecule has 0 bridgehead atoms. The van der Waals surface area contributed by atoms with E-state index < -0.39 is 23.6 Å². The van der Waals surface area contributed by atoms with E-state index in [1.54, 1.807) is 42.0 Å². The quantitative estimate of drug-likeness (QED) is 0.131. The fraction of sp³-hybridized carbons (Fsp3) is 0.356. The Balaban J connectivity index is 1.00. The van der Waals surface area contributed by atoms with Crippen molar-refractivity contribution in [3.63, 3.8) is 0 Å². The third kappa shape index (κ3) is 8.20. The van der Waals surface area contributed by atoms with Crippen molar-refractivity contribution < 1.29 is 32.7 Å². The van der Waals surface area contributed by atoms with Crippen molar-refractivity contribution >= 4 is 51.5 Å². The molecule has 0 radical (unpaired) electrons. The lowest BCUT2D eigenvalue weighted by Gasteiger charge is -2.34. The summed E-state index contributed by atoms with van der Waals surface area (Å²) in [6.45, 7) is 2.49. The number of H-pyrrole nitrogens is 1. The minimum atomic E-state index is -0.672. The van der Waals surface area contributed by atoms with Crippen molar-refractivity contribution in [2.45, 2.75) is 57.0 Å². The Labute approximate surface area is 346 Å². The molecule has 0 saturated carbocycles. The van der Waals surface area contributed by atoms with Crippen LogP contribution in [0.4, 0.5) is 20.2 Å². The summed E-state index contributed by atoms with van der Waals surface area (Å²) in [6.07, 6.45) is 8.42. The molecule has 312 valence electrons. The Morgan fingerprint density at radius 2 is 1.78 bits per heavy atom. The molecule has 0 aliphatic carbocycles. The third-order valence-electron chi connectivity index (χ3n) is 11.8. The highest BCUT2D eigenvalue weighted by Gasteiger charge is 2.30. The second-order valence-electron chi connectivity index (χ2n) is 15.8. The molecule has 0 spiro atoms. The number of hydrogen-bond acceptors (Lipinski definition) is 8. The summed E-state index contributed by atoms with van der Waals surface area (Å²) in [5.74, 6) is -1.36. The van der Waals surface area contributed by atoms with E-state index in [2.05, 4.69) is 32.8 Å². The van der Waals surface area contributed by atoms with Crippen LogP contribution in [0.3, 0.4) is 0 Å². The summed E-state index contributed by atoms with van der Waals surface area (Å²) in [4.78, 5) is 58.5. The number of rotatable bonds is 11. The Morgan fingerprint density at radius 1 is 1.00 bits per heavy atom. The van der Waals surface area contributed by atoms with Gasteiger partial charge in [-0.15, -0.1) is 0 Å². The van der Waals surface area contributed by atoms with Gasteiger partial charge >= 0.3 is 0 Å². The van der Waals surface area contributed by atoms with Gasteiger partial charge in [0.05, 0.1) is 24.0 Å². The van der Waals surface area contributed by atoms with Gasteiger partial charge in [-0.25, -0.2) is 8.78 Å². The normalized spacial score (nSPS) is 17.4. The number of piperidine rings is 2. The number of nitrogens with zero attached hydrogens (tertiary/aromatic N) is 5. The van der Waals surface area contributed by atoms with Gasteiger partial charge in [0.1, 0.15) is 23.3 Å². The van der Waals surface area contributed by atoms with Gasteiger partial charge in [0.2, 0.25) is 17.7 Å². The Kier molecular flexibility index (Phi) is 11.4. The van der Waals surface area contributed by atoms with Gasteiger partial charge in [-0.05, 0) is 72.1 Å². The van der Waals surface area contributed by atoms with Gasteiger partial charge in [0.25, 0.3) is 5.91 Å². The SMILES string of the molecule is COc1cc(N2CCC(c3ccc(-c4cc(C5=CCCN(C(=O)CCn6cccn6)C5)c(F)c5[nH]c(C(=O)N(C)C)cc45)cc3)CC2)c(F)cc1NC1CCC(=O)NC1=O. The highest BCUT2D eigenvalue weighted by atomic mass is 19.1. The molecule has 2 fully saturated rings. The van der Waals surface area contributed by atoms with E-state index in [1.165, 1.54) is 18.1 Å². The fourth-order valence-electron chi connectivity index (χ4n) is 8.52. The molecule has 1 unspecified atom stereocenters. The van der Waals surface area contributed by atoms with Crippen LogP contribution in [-0.2, 0) is 20.9 Å². The number of imide groups is 1. The summed E-state index contributed by atoms with van der Waals surface area (Å²) in [5.41, 5.74) is 5.12. The number of amides is 4. The molecule has 4 amide bonds. The summed E-state index contributed by atoms with van der Waals surface area (Å²) in [7, 11) is 4.80. The maximum atomic E-state index is 16.6. The molecule has 8 rings (SSSR count). The van der Waals surface area contributed by atoms with Gasteiger partial charge < -0.3 is 29.7 Å². The number of carbonyl (C=O) groups excluding carboxylic acids is 4. The van der Waals surface area contributed by atoms with Gasteiger partial charge in [-0.3, -0.25) is 29.2 Å². The number of carbonyl (C=O) groups is 4. The predicted molar refractivity (Wildman–Crippen MR) is 225 cm³/mol. The lowest BCUT2D eigenvalue weighted by atomic mass is 9.87. The number of nitrogens with one attached hydrogen (secondary N) is 3. The highest BCUT2D eigenvalue weighted by molar-refractivity contribution is 6.05. The maximum absolute atomic E-state index is 16.6. The summed E-state index contributed by atoms with van der Waals surface area (Å²) >= 11 is 0. The van der Waals surface area contributed by atoms with Gasteiger partial charge in [0, 0.05) is 95.1 Å². The zero-order valence-corrected chi connectivity index (χ0v) is 33.9. The first-order valence-corrected chi connectivity index (χ1v) is 20.3. The molecular weight excluding hydrogens is 771 g/mol. The van der Waals surface area contributed by atoms with Crippen molar-refractivity contribution in [2.24, 2.45) is 0 Å². The summed E-state index contributed by atoms with van der Waals surface area (Å²) in [5, 5.41) is 10.1. The van der Waals surface area contributed by atoms with E-state index in [-0.39, 0.29) is 54.2 Å². The minimum absolute atomic E-state index is 0.0277. The van der Waals surface area contributed by atoms with Crippen LogP contribution in [0.5, 0.6) is 5.75 Å². The average Bonchev–Trinajstić information content (AvgIpc) is 3.96. The first-order valence-electron chi connectivity index (χ1n) is 20.3. The molecule has 1 atom stereocenters. The molecule has 3 aromatic carbocycles. The maximum Gasteiger partial charge on any atom is 0.269 e. The first-order chi connectivity index (χ1) is 29.0. The van der Waals surface area contributed by atoms with Crippen LogP contribution >= 0.6 is 0 Å². The van der Waals surface area contributed by atoms with Crippen molar-refractivity contribution in [3.05, 3.63) is 102 Å². The standard InChI is InChI=1S/C45H48F2N8O5/c1-52(2)45(59)37-23-33-31(22-32(42(47)43(33)50-37)30-6-4-17-54(26-30)41(57)15-21-55-18-5-16-48-55)29-9-7-27(8-10-29)28-13-19-53(20-14-28)38-25-39(60-3)36(24-34(38)46)49-35-11-12-40(56)51-44(35)58/h5-10,16,18,22-25,28,35,49-50H,4,11-15,17,19-21,26H2,1-3H3,(H,51,56,58). The Morgan fingerprint density at radius 3 is 2.48 bits per heavy atom.